The van der Waals surface area contributed by atoms with E-state index in [1.807, 2.05) is 6.07 Å². The van der Waals surface area contributed by atoms with E-state index in [4.69, 9.17) is 9.47 Å². The van der Waals surface area contributed by atoms with Crippen LogP contribution in [0.5, 0.6) is 11.5 Å². The van der Waals surface area contributed by atoms with Crippen LogP contribution in [0.1, 0.15) is 38.7 Å². The lowest BCUT2D eigenvalue weighted by molar-refractivity contribution is 0.293. The van der Waals surface area contributed by atoms with E-state index < -0.39 is 0 Å². The van der Waals surface area contributed by atoms with Crippen molar-refractivity contribution in [1.82, 2.24) is 5.32 Å². The third kappa shape index (κ3) is 3.03. The van der Waals surface area contributed by atoms with Crippen molar-refractivity contribution in [3.63, 3.8) is 0 Å². The zero-order valence-corrected chi connectivity index (χ0v) is 12.6. The highest BCUT2D eigenvalue weighted by Crippen LogP contribution is 2.37. The summed E-state index contributed by atoms with van der Waals surface area (Å²) in [5, 5.41) is 3.64. The van der Waals surface area contributed by atoms with Gasteiger partial charge in [0.25, 0.3) is 0 Å². The van der Waals surface area contributed by atoms with Gasteiger partial charge in [-0.1, -0.05) is 26.8 Å². The Morgan fingerprint density at radius 2 is 1.79 bits per heavy atom. The normalized spacial score (nSPS) is 23.4. The van der Waals surface area contributed by atoms with E-state index in [2.05, 4.69) is 38.2 Å². The highest BCUT2D eigenvalue weighted by molar-refractivity contribution is 5.44. The number of hydrogen-bond acceptors (Lipinski definition) is 3. The number of methoxy groups -OCH3 is 2. The van der Waals surface area contributed by atoms with Gasteiger partial charge in [-0.15, -0.1) is 0 Å². The predicted molar refractivity (Wildman–Crippen MR) is 78.1 cm³/mol. The van der Waals surface area contributed by atoms with E-state index in [-0.39, 0.29) is 0 Å². The van der Waals surface area contributed by atoms with Crippen molar-refractivity contribution >= 4 is 0 Å². The highest BCUT2D eigenvalue weighted by Gasteiger charge is 2.33. The Morgan fingerprint density at radius 1 is 1.11 bits per heavy atom. The van der Waals surface area contributed by atoms with Crippen molar-refractivity contribution in [1.29, 1.82) is 0 Å². The summed E-state index contributed by atoms with van der Waals surface area (Å²) in [5.41, 5.74) is 1.64. The molecule has 3 nitrogen and oxygen atoms in total. The van der Waals surface area contributed by atoms with Crippen LogP contribution in [0.4, 0.5) is 0 Å². The molecule has 0 saturated carbocycles. The summed E-state index contributed by atoms with van der Waals surface area (Å²) < 4.78 is 10.7. The predicted octanol–water partition coefficient (Wildman–Crippen LogP) is 3.20. The van der Waals surface area contributed by atoms with Gasteiger partial charge in [-0.05, 0) is 35.4 Å². The third-order valence-electron chi connectivity index (χ3n) is 4.06. The molecule has 2 unspecified atom stereocenters. The van der Waals surface area contributed by atoms with Gasteiger partial charge in [0.15, 0.2) is 11.5 Å². The van der Waals surface area contributed by atoms with E-state index >= 15 is 0 Å². The molecule has 1 aromatic carbocycles. The van der Waals surface area contributed by atoms with Crippen LogP contribution < -0.4 is 14.8 Å². The van der Waals surface area contributed by atoms with E-state index in [0.29, 0.717) is 17.4 Å². The standard InChI is InChI=1S/C16H25NO2/c1-16(2,3)15-9-12(10-17-15)11-6-7-13(18-4)14(8-11)19-5/h6-8,12,15,17H,9-10H2,1-5H3. The maximum Gasteiger partial charge on any atom is 0.160 e. The van der Waals surface area contributed by atoms with Gasteiger partial charge in [-0.25, -0.2) is 0 Å². The quantitative estimate of drug-likeness (QED) is 0.908. The van der Waals surface area contributed by atoms with Crippen LogP contribution in [0, 0.1) is 5.41 Å². The van der Waals surface area contributed by atoms with Crippen LogP contribution in [0.25, 0.3) is 0 Å². The van der Waals surface area contributed by atoms with Gasteiger partial charge in [0.05, 0.1) is 14.2 Å². The summed E-state index contributed by atoms with van der Waals surface area (Å²) in [6.07, 6.45) is 1.18. The Morgan fingerprint density at radius 3 is 2.32 bits per heavy atom. The van der Waals surface area contributed by atoms with Gasteiger partial charge in [-0.3, -0.25) is 0 Å². The van der Waals surface area contributed by atoms with Gasteiger partial charge >= 0.3 is 0 Å². The molecule has 0 radical (unpaired) electrons. The molecule has 2 atom stereocenters. The van der Waals surface area contributed by atoms with Crippen LogP contribution in [-0.2, 0) is 0 Å². The smallest absolute Gasteiger partial charge is 0.160 e. The van der Waals surface area contributed by atoms with Gasteiger partial charge in [-0.2, -0.15) is 0 Å². The van der Waals surface area contributed by atoms with Crippen LogP contribution in [-0.4, -0.2) is 26.8 Å². The molecule has 0 amide bonds. The maximum atomic E-state index is 5.39. The number of hydrogen-bond donors (Lipinski definition) is 1. The molecule has 3 heteroatoms. The highest BCUT2D eigenvalue weighted by atomic mass is 16.5. The first-order chi connectivity index (χ1) is 8.95. The van der Waals surface area contributed by atoms with E-state index in [9.17, 15) is 0 Å². The van der Waals surface area contributed by atoms with E-state index in [1.165, 1.54) is 12.0 Å². The second-order valence-electron chi connectivity index (χ2n) is 6.37. The molecule has 1 heterocycles. The van der Waals surface area contributed by atoms with E-state index in [0.717, 1.165) is 18.0 Å². The summed E-state index contributed by atoms with van der Waals surface area (Å²) >= 11 is 0. The summed E-state index contributed by atoms with van der Waals surface area (Å²) in [7, 11) is 3.36. The fourth-order valence-electron chi connectivity index (χ4n) is 2.76. The average Bonchev–Trinajstić information content (AvgIpc) is 2.87. The lowest BCUT2D eigenvalue weighted by Crippen LogP contribution is -2.34. The van der Waals surface area contributed by atoms with Crippen molar-refractivity contribution < 1.29 is 9.47 Å². The van der Waals surface area contributed by atoms with Crippen molar-refractivity contribution in [2.24, 2.45) is 5.41 Å². The molecule has 106 valence electrons. The number of benzene rings is 1. The summed E-state index contributed by atoms with van der Waals surface area (Å²) in [5.74, 6) is 2.17. The lowest BCUT2D eigenvalue weighted by atomic mass is 9.83. The first kappa shape index (κ1) is 14.2. The molecular formula is C16H25NO2. The van der Waals surface area contributed by atoms with Crippen molar-refractivity contribution in [2.75, 3.05) is 20.8 Å². The first-order valence-electron chi connectivity index (χ1n) is 6.91. The summed E-state index contributed by atoms with van der Waals surface area (Å²) in [6, 6.07) is 6.83. The van der Waals surface area contributed by atoms with Crippen LogP contribution in [0.15, 0.2) is 18.2 Å². The fraction of sp³-hybridized carbons (Fsp3) is 0.625. The first-order valence-corrected chi connectivity index (χ1v) is 6.91. The molecule has 0 spiro atoms. The van der Waals surface area contributed by atoms with Gasteiger partial charge in [0.1, 0.15) is 0 Å². The second-order valence-corrected chi connectivity index (χ2v) is 6.37. The molecule has 1 fully saturated rings. The maximum absolute atomic E-state index is 5.39. The second kappa shape index (κ2) is 5.41. The molecule has 1 aromatic rings. The third-order valence-corrected chi connectivity index (χ3v) is 4.06. The summed E-state index contributed by atoms with van der Waals surface area (Å²) in [4.78, 5) is 0. The number of rotatable bonds is 3. The summed E-state index contributed by atoms with van der Waals surface area (Å²) in [6.45, 7) is 7.92. The SMILES string of the molecule is COc1ccc(C2CNC(C(C)(C)C)C2)cc1OC. The Balaban J connectivity index is 2.16. The van der Waals surface area contributed by atoms with Gasteiger partial charge in [0.2, 0.25) is 0 Å². The Kier molecular flexibility index (Phi) is 4.04. The monoisotopic (exact) mass is 263 g/mol. The molecule has 1 aliphatic rings. The minimum atomic E-state index is 0.311. The molecule has 2 rings (SSSR count). The Bertz CT molecular complexity index is 437. The minimum absolute atomic E-state index is 0.311. The Labute approximate surface area is 116 Å². The minimum Gasteiger partial charge on any atom is -0.493 e. The van der Waals surface area contributed by atoms with E-state index in [1.54, 1.807) is 14.2 Å². The Hall–Kier alpha value is -1.22. The van der Waals surface area contributed by atoms with Crippen LogP contribution in [0.3, 0.4) is 0 Å². The van der Waals surface area contributed by atoms with Crippen LogP contribution in [0.2, 0.25) is 0 Å². The number of ether oxygens (including phenoxy) is 2. The van der Waals surface area contributed by atoms with Gasteiger partial charge < -0.3 is 14.8 Å². The van der Waals surface area contributed by atoms with Crippen molar-refractivity contribution in [2.45, 2.75) is 39.2 Å². The zero-order valence-electron chi connectivity index (χ0n) is 12.6. The number of nitrogens with one attached hydrogen (secondary N) is 1. The van der Waals surface area contributed by atoms with Gasteiger partial charge in [0, 0.05) is 12.6 Å². The topological polar surface area (TPSA) is 30.5 Å². The van der Waals surface area contributed by atoms with Crippen molar-refractivity contribution in [3.05, 3.63) is 23.8 Å². The largest absolute Gasteiger partial charge is 0.493 e. The lowest BCUT2D eigenvalue weighted by Gasteiger charge is -2.27. The molecule has 19 heavy (non-hydrogen) atoms. The molecule has 0 aliphatic carbocycles. The van der Waals surface area contributed by atoms with Crippen molar-refractivity contribution in [3.8, 4) is 11.5 Å². The average molecular weight is 263 g/mol. The van der Waals surface area contributed by atoms with Crippen LogP contribution >= 0.6 is 0 Å². The molecule has 0 bridgehead atoms. The zero-order chi connectivity index (χ0) is 14.0. The molecular weight excluding hydrogens is 238 g/mol. The molecule has 0 aromatic heterocycles. The molecule has 1 aliphatic heterocycles. The fourth-order valence-corrected chi connectivity index (χ4v) is 2.76. The molecule has 1 N–H and O–H groups in total. The molecule has 1 saturated heterocycles.